The Kier molecular flexibility index (Phi) is 3.24. The minimum Gasteiger partial charge on any atom is -0.454 e. The van der Waals surface area contributed by atoms with E-state index in [-0.39, 0.29) is 0 Å². The van der Waals surface area contributed by atoms with Crippen LogP contribution in [-0.4, -0.2) is 12.5 Å². The van der Waals surface area contributed by atoms with Crippen LogP contribution in [0.25, 0.3) is 0 Å². The van der Waals surface area contributed by atoms with Crippen LogP contribution in [0.4, 0.5) is 0 Å². The van der Waals surface area contributed by atoms with Crippen molar-refractivity contribution in [3.05, 3.63) is 0 Å². The summed E-state index contributed by atoms with van der Waals surface area (Å²) in [5.41, 5.74) is 0. The molecule has 0 aliphatic rings. The van der Waals surface area contributed by atoms with E-state index in [1.54, 1.807) is 0 Å². The molecule has 0 saturated carbocycles. The molecule has 0 fully saturated rings. The SMILES string of the molecule is CC(C)CBO. The first-order valence-electron chi connectivity index (χ1n) is 2.38. The van der Waals surface area contributed by atoms with E-state index in [4.69, 9.17) is 5.02 Å². The fourth-order valence-electron chi connectivity index (χ4n) is 0.258. The van der Waals surface area contributed by atoms with Gasteiger partial charge in [-0.25, -0.2) is 0 Å². The molecule has 0 saturated heterocycles. The minimum atomic E-state index is 0.331. The normalized spacial score (nSPS) is 9.33. The van der Waals surface area contributed by atoms with Crippen LogP contribution < -0.4 is 0 Å². The van der Waals surface area contributed by atoms with Crippen molar-refractivity contribution < 1.29 is 5.02 Å². The molecule has 0 aromatic carbocycles. The van der Waals surface area contributed by atoms with Gasteiger partial charge in [0.25, 0.3) is 7.48 Å². The fraction of sp³-hybridized carbons (Fsp3) is 1.00. The van der Waals surface area contributed by atoms with Gasteiger partial charge in [0.05, 0.1) is 0 Å². The molecule has 0 aliphatic heterocycles. The van der Waals surface area contributed by atoms with Crippen molar-refractivity contribution >= 4 is 7.48 Å². The Hall–Kier alpha value is 0.0249. The van der Waals surface area contributed by atoms with E-state index in [2.05, 4.69) is 13.8 Å². The Morgan fingerprint density at radius 1 is 1.67 bits per heavy atom. The van der Waals surface area contributed by atoms with E-state index in [0.29, 0.717) is 13.4 Å². The Bertz CT molecular complexity index is 28.7. The van der Waals surface area contributed by atoms with Crippen molar-refractivity contribution in [1.29, 1.82) is 0 Å². The maximum Gasteiger partial charge on any atom is 0.271 e. The fourth-order valence-corrected chi connectivity index (χ4v) is 0.258. The highest BCUT2D eigenvalue weighted by atomic mass is 16.2. The monoisotopic (exact) mass is 86.1 g/mol. The van der Waals surface area contributed by atoms with Crippen molar-refractivity contribution in [2.45, 2.75) is 20.2 Å². The van der Waals surface area contributed by atoms with Crippen molar-refractivity contribution in [3.63, 3.8) is 0 Å². The zero-order valence-electron chi connectivity index (χ0n) is 4.44. The molecule has 1 nitrogen and oxygen atoms in total. The number of hydrogen-bond acceptors (Lipinski definition) is 1. The highest BCUT2D eigenvalue weighted by Crippen LogP contribution is 1.95. The molecule has 1 N–H and O–H groups in total. The molecule has 0 heterocycles. The quantitative estimate of drug-likeness (QED) is 0.482. The lowest BCUT2D eigenvalue weighted by Crippen LogP contribution is -1.92. The lowest BCUT2D eigenvalue weighted by atomic mass is 9.88. The first-order chi connectivity index (χ1) is 2.77. The topological polar surface area (TPSA) is 20.2 Å². The van der Waals surface area contributed by atoms with Gasteiger partial charge in [-0.1, -0.05) is 19.8 Å². The molecular formula is C4H11BO. The van der Waals surface area contributed by atoms with Crippen LogP contribution in [0.3, 0.4) is 0 Å². The van der Waals surface area contributed by atoms with Gasteiger partial charge in [0.1, 0.15) is 0 Å². The molecular weight excluding hydrogens is 74.9 g/mol. The summed E-state index contributed by atoms with van der Waals surface area (Å²) in [6.07, 6.45) is 0.931. The van der Waals surface area contributed by atoms with Crippen molar-refractivity contribution in [2.75, 3.05) is 0 Å². The first kappa shape index (κ1) is 6.02. The number of rotatable bonds is 2. The van der Waals surface area contributed by atoms with Gasteiger partial charge in [0.2, 0.25) is 0 Å². The van der Waals surface area contributed by atoms with Gasteiger partial charge in [-0.2, -0.15) is 0 Å². The lowest BCUT2D eigenvalue weighted by molar-refractivity contribution is 0.578. The molecule has 0 amide bonds. The van der Waals surface area contributed by atoms with E-state index in [1.165, 1.54) is 0 Å². The predicted octanol–water partition coefficient (Wildman–Crippen LogP) is 0.404. The van der Waals surface area contributed by atoms with Crippen LogP contribution in [0.15, 0.2) is 0 Å². The largest absolute Gasteiger partial charge is 0.454 e. The minimum absolute atomic E-state index is 0.331. The van der Waals surface area contributed by atoms with E-state index in [0.717, 1.165) is 6.32 Å². The van der Waals surface area contributed by atoms with Crippen molar-refractivity contribution in [3.8, 4) is 0 Å². The molecule has 0 aromatic heterocycles. The number of hydrogen-bond donors (Lipinski definition) is 1. The van der Waals surface area contributed by atoms with Gasteiger partial charge < -0.3 is 5.02 Å². The highest BCUT2D eigenvalue weighted by molar-refractivity contribution is 6.25. The summed E-state index contributed by atoms with van der Waals surface area (Å²) in [4.78, 5) is 0. The summed E-state index contributed by atoms with van der Waals surface area (Å²) >= 11 is 0. The van der Waals surface area contributed by atoms with E-state index >= 15 is 0 Å². The van der Waals surface area contributed by atoms with Crippen LogP contribution in [0.1, 0.15) is 13.8 Å². The summed E-state index contributed by atoms with van der Waals surface area (Å²) in [5.74, 6) is 0.648. The molecule has 0 unspecified atom stereocenters. The molecule has 6 heavy (non-hydrogen) atoms. The maximum atomic E-state index is 8.24. The van der Waals surface area contributed by atoms with E-state index in [1.807, 2.05) is 0 Å². The smallest absolute Gasteiger partial charge is 0.271 e. The van der Waals surface area contributed by atoms with Gasteiger partial charge in [0.15, 0.2) is 0 Å². The molecule has 36 valence electrons. The average molecular weight is 85.9 g/mol. The summed E-state index contributed by atoms with van der Waals surface area (Å²) < 4.78 is 0. The standard InChI is InChI=1S/C4H11BO/c1-4(2)3-5-6/h4-6H,3H2,1-2H3. The molecule has 0 atom stereocenters. The van der Waals surface area contributed by atoms with E-state index in [9.17, 15) is 0 Å². The highest BCUT2D eigenvalue weighted by Gasteiger charge is 1.89. The Balaban J connectivity index is 2.63. The Labute approximate surface area is 39.7 Å². The second-order valence-electron chi connectivity index (χ2n) is 1.91. The van der Waals surface area contributed by atoms with Crippen molar-refractivity contribution in [1.82, 2.24) is 0 Å². The van der Waals surface area contributed by atoms with Gasteiger partial charge in [-0.15, -0.1) is 0 Å². The third kappa shape index (κ3) is 4.02. The summed E-state index contributed by atoms with van der Waals surface area (Å²) in [6.45, 7) is 4.19. The molecule has 0 bridgehead atoms. The molecule has 2 heteroatoms. The second-order valence-corrected chi connectivity index (χ2v) is 1.91. The molecule has 0 aliphatic carbocycles. The molecule has 0 aromatic rings. The Morgan fingerprint density at radius 3 is 2.17 bits per heavy atom. The summed E-state index contributed by atoms with van der Waals surface area (Å²) in [6, 6.07) is 0. The van der Waals surface area contributed by atoms with Crippen LogP contribution >= 0.6 is 0 Å². The average Bonchev–Trinajstić information content (AvgIpc) is 1.35. The van der Waals surface area contributed by atoms with Crippen molar-refractivity contribution in [2.24, 2.45) is 5.92 Å². The van der Waals surface area contributed by atoms with Crippen LogP contribution in [-0.2, 0) is 0 Å². The van der Waals surface area contributed by atoms with E-state index < -0.39 is 0 Å². The van der Waals surface area contributed by atoms with Crippen LogP contribution in [0.5, 0.6) is 0 Å². The Morgan fingerprint density at radius 2 is 2.17 bits per heavy atom. The molecule has 0 radical (unpaired) electrons. The second kappa shape index (κ2) is 3.22. The summed E-state index contributed by atoms with van der Waals surface area (Å²) in [7, 11) is 0.331. The first-order valence-corrected chi connectivity index (χ1v) is 2.38. The third-order valence-electron chi connectivity index (χ3n) is 0.706. The summed E-state index contributed by atoms with van der Waals surface area (Å²) in [5, 5.41) is 8.24. The third-order valence-corrected chi connectivity index (χ3v) is 0.706. The maximum absolute atomic E-state index is 8.24. The van der Waals surface area contributed by atoms with Gasteiger partial charge >= 0.3 is 0 Å². The zero-order chi connectivity index (χ0) is 4.99. The zero-order valence-corrected chi connectivity index (χ0v) is 4.44. The molecule has 0 rings (SSSR count). The van der Waals surface area contributed by atoms with Crippen LogP contribution in [0.2, 0.25) is 6.32 Å². The van der Waals surface area contributed by atoms with Crippen LogP contribution in [0, 0.1) is 5.92 Å². The van der Waals surface area contributed by atoms with Gasteiger partial charge in [-0.05, 0) is 6.32 Å². The predicted molar refractivity (Wildman–Crippen MR) is 29.0 cm³/mol. The van der Waals surface area contributed by atoms with Gasteiger partial charge in [-0.3, -0.25) is 0 Å². The molecule has 0 spiro atoms. The van der Waals surface area contributed by atoms with Gasteiger partial charge in [0, 0.05) is 0 Å². The lowest BCUT2D eigenvalue weighted by Gasteiger charge is -1.93.